The van der Waals surface area contributed by atoms with E-state index in [2.05, 4.69) is 10.1 Å². The van der Waals surface area contributed by atoms with Crippen molar-refractivity contribution in [1.29, 1.82) is 0 Å². The SMILES string of the molecule is OCC(O)CSCCCc1nc(-c2cccs2)no1. The van der Waals surface area contributed by atoms with Gasteiger partial charge >= 0.3 is 0 Å². The number of rotatable bonds is 8. The van der Waals surface area contributed by atoms with Crippen LogP contribution in [0.25, 0.3) is 10.7 Å². The molecule has 0 aliphatic carbocycles. The highest BCUT2D eigenvalue weighted by molar-refractivity contribution is 7.99. The molecular weight excluding hydrogens is 284 g/mol. The maximum Gasteiger partial charge on any atom is 0.227 e. The Labute approximate surface area is 119 Å². The summed E-state index contributed by atoms with van der Waals surface area (Å²) in [5.74, 6) is 2.74. The van der Waals surface area contributed by atoms with Gasteiger partial charge in [0.25, 0.3) is 0 Å². The summed E-state index contributed by atoms with van der Waals surface area (Å²) in [7, 11) is 0. The van der Waals surface area contributed by atoms with E-state index in [9.17, 15) is 5.11 Å². The monoisotopic (exact) mass is 300 g/mol. The van der Waals surface area contributed by atoms with Crippen LogP contribution in [0, 0.1) is 0 Å². The van der Waals surface area contributed by atoms with Crippen LogP contribution in [0.2, 0.25) is 0 Å². The topological polar surface area (TPSA) is 79.4 Å². The fourth-order valence-corrected chi connectivity index (χ4v) is 3.00. The summed E-state index contributed by atoms with van der Waals surface area (Å²) in [6.07, 6.45) is 1.02. The van der Waals surface area contributed by atoms with E-state index in [0.29, 0.717) is 17.5 Å². The van der Waals surface area contributed by atoms with Crippen molar-refractivity contribution in [3.63, 3.8) is 0 Å². The molecule has 0 radical (unpaired) electrons. The molecule has 2 aromatic rings. The molecule has 7 heteroatoms. The number of hydrogen-bond acceptors (Lipinski definition) is 7. The Balaban J connectivity index is 1.69. The molecule has 0 aromatic carbocycles. The van der Waals surface area contributed by atoms with Crippen molar-refractivity contribution in [2.75, 3.05) is 18.1 Å². The smallest absolute Gasteiger partial charge is 0.227 e. The minimum absolute atomic E-state index is 0.180. The predicted molar refractivity (Wildman–Crippen MR) is 76.3 cm³/mol. The average Bonchev–Trinajstić information content (AvgIpc) is 3.08. The number of thioether (sulfide) groups is 1. The van der Waals surface area contributed by atoms with Gasteiger partial charge in [-0.2, -0.15) is 16.7 Å². The van der Waals surface area contributed by atoms with Gasteiger partial charge in [-0.15, -0.1) is 11.3 Å². The van der Waals surface area contributed by atoms with Crippen molar-refractivity contribution >= 4 is 23.1 Å². The molecule has 0 aliphatic rings. The summed E-state index contributed by atoms with van der Waals surface area (Å²) in [5.41, 5.74) is 0. The van der Waals surface area contributed by atoms with Gasteiger partial charge in [-0.25, -0.2) is 0 Å². The molecule has 1 atom stereocenters. The van der Waals surface area contributed by atoms with Crippen LogP contribution in [0.4, 0.5) is 0 Å². The molecule has 0 amide bonds. The zero-order valence-corrected chi connectivity index (χ0v) is 12.0. The van der Waals surface area contributed by atoms with Crippen LogP contribution in [0.1, 0.15) is 12.3 Å². The lowest BCUT2D eigenvalue weighted by molar-refractivity contribution is 0.113. The summed E-state index contributed by atoms with van der Waals surface area (Å²) in [5, 5.41) is 23.8. The lowest BCUT2D eigenvalue weighted by atomic mass is 10.3. The number of aliphatic hydroxyl groups excluding tert-OH is 2. The molecule has 2 aromatic heterocycles. The maximum atomic E-state index is 9.17. The molecule has 5 nitrogen and oxygen atoms in total. The molecule has 0 saturated heterocycles. The summed E-state index contributed by atoms with van der Waals surface area (Å²) < 4.78 is 5.18. The second-order valence-corrected chi connectivity index (χ2v) is 6.10. The lowest BCUT2D eigenvalue weighted by Crippen LogP contribution is -2.14. The van der Waals surface area contributed by atoms with Crippen LogP contribution < -0.4 is 0 Å². The molecule has 1 unspecified atom stereocenters. The van der Waals surface area contributed by atoms with Crippen molar-refractivity contribution in [2.45, 2.75) is 18.9 Å². The highest BCUT2D eigenvalue weighted by Gasteiger charge is 2.09. The van der Waals surface area contributed by atoms with E-state index in [0.717, 1.165) is 23.5 Å². The molecule has 2 N–H and O–H groups in total. The summed E-state index contributed by atoms with van der Waals surface area (Å²) in [4.78, 5) is 5.35. The van der Waals surface area contributed by atoms with Crippen LogP contribution in [-0.4, -0.2) is 44.6 Å². The molecule has 0 bridgehead atoms. The van der Waals surface area contributed by atoms with Crippen LogP contribution in [0.15, 0.2) is 22.0 Å². The Morgan fingerprint density at radius 3 is 3.11 bits per heavy atom. The summed E-state index contributed by atoms with van der Waals surface area (Å²) >= 11 is 3.20. The number of thiophene rings is 1. The number of aryl methyl sites for hydroxylation is 1. The largest absolute Gasteiger partial charge is 0.394 e. The van der Waals surface area contributed by atoms with Crippen LogP contribution >= 0.6 is 23.1 Å². The third-order valence-corrected chi connectivity index (χ3v) is 4.47. The van der Waals surface area contributed by atoms with Gasteiger partial charge in [0.15, 0.2) is 0 Å². The first kappa shape index (κ1) is 14.5. The Kier molecular flexibility index (Phi) is 5.84. The molecule has 104 valence electrons. The Morgan fingerprint density at radius 2 is 2.37 bits per heavy atom. The van der Waals surface area contributed by atoms with Gasteiger partial charge in [0.05, 0.1) is 17.6 Å². The molecule has 0 aliphatic heterocycles. The Bertz CT molecular complexity index is 473. The minimum atomic E-state index is -0.626. The molecule has 0 saturated carbocycles. The van der Waals surface area contributed by atoms with Gasteiger partial charge in [0, 0.05) is 12.2 Å². The summed E-state index contributed by atoms with van der Waals surface area (Å²) in [6.45, 7) is -0.180. The standard InChI is InChI=1S/C12H16N2O3S2/c15-7-9(16)8-18-5-2-4-11-13-12(14-17-11)10-3-1-6-19-10/h1,3,6,9,15-16H,2,4-5,7-8H2. The molecule has 0 spiro atoms. The van der Waals surface area contributed by atoms with E-state index in [4.69, 9.17) is 9.63 Å². The van der Waals surface area contributed by atoms with Crippen molar-refractivity contribution < 1.29 is 14.7 Å². The summed E-state index contributed by atoms with van der Waals surface area (Å²) in [6, 6.07) is 3.92. The Hall–Kier alpha value is -0.890. The maximum absolute atomic E-state index is 9.17. The number of aromatic nitrogens is 2. The average molecular weight is 300 g/mol. The van der Waals surface area contributed by atoms with Crippen molar-refractivity contribution in [2.24, 2.45) is 0 Å². The first-order valence-corrected chi connectivity index (χ1v) is 8.06. The second-order valence-electron chi connectivity index (χ2n) is 4.00. The number of hydrogen-bond donors (Lipinski definition) is 2. The van der Waals surface area contributed by atoms with E-state index < -0.39 is 6.10 Å². The lowest BCUT2D eigenvalue weighted by Gasteiger charge is -2.05. The van der Waals surface area contributed by atoms with E-state index in [-0.39, 0.29) is 6.61 Å². The van der Waals surface area contributed by atoms with Gasteiger partial charge in [-0.3, -0.25) is 0 Å². The van der Waals surface area contributed by atoms with Crippen molar-refractivity contribution in [3.8, 4) is 10.7 Å². The third-order valence-electron chi connectivity index (χ3n) is 2.41. The van der Waals surface area contributed by atoms with Gasteiger partial charge in [0.1, 0.15) is 0 Å². The van der Waals surface area contributed by atoms with Gasteiger partial charge in [0.2, 0.25) is 11.7 Å². The van der Waals surface area contributed by atoms with Crippen LogP contribution in [0.5, 0.6) is 0 Å². The first-order chi connectivity index (χ1) is 9.29. The molecule has 2 heterocycles. The number of aliphatic hydroxyl groups is 2. The third kappa shape index (κ3) is 4.61. The fraction of sp³-hybridized carbons (Fsp3) is 0.500. The van der Waals surface area contributed by atoms with E-state index in [1.807, 2.05) is 17.5 Å². The molecular formula is C12H16N2O3S2. The van der Waals surface area contributed by atoms with Crippen molar-refractivity contribution in [1.82, 2.24) is 10.1 Å². The molecule has 19 heavy (non-hydrogen) atoms. The highest BCUT2D eigenvalue weighted by atomic mass is 32.2. The minimum Gasteiger partial charge on any atom is -0.394 e. The van der Waals surface area contributed by atoms with Crippen molar-refractivity contribution in [3.05, 3.63) is 23.4 Å². The normalized spacial score (nSPS) is 12.7. The quantitative estimate of drug-likeness (QED) is 0.724. The highest BCUT2D eigenvalue weighted by Crippen LogP contribution is 2.21. The predicted octanol–water partition coefficient (Wildman–Crippen LogP) is 1.82. The zero-order chi connectivity index (χ0) is 13.5. The van der Waals surface area contributed by atoms with Gasteiger partial charge in [-0.05, 0) is 23.6 Å². The van der Waals surface area contributed by atoms with E-state index >= 15 is 0 Å². The van der Waals surface area contributed by atoms with Gasteiger partial charge < -0.3 is 14.7 Å². The first-order valence-electron chi connectivity index (χ1n) is 6.02. The second kappa shape index (κ2) is 7.64. The molecule has 0 fully saturated rings. The van der Waals surface area contributed by atoms with Gasteiger partial charge in [-0.1, -0.05) is 11.2 Å². The van der Waals surface area contributed by atoms with Crippen LogP contribution in [0.3, 0.4) is 0 Å². The zero-order valence-electron chi connectivity index (χ0n) is 10.4. The van der Waals surface area contributed by atoms with Crippen LogP contribution in [-0.2, 0) is 6.42 Å². The number of nitrogens with zero attached hydrogens (tertiary/aromatic N) is 2. The fourth-order valence-electron chi connectivity index (χ4n) is 1.46. The van der Waals surface area contributed by atoms with E-state index in [1.54, 1.807) is 23.1 Å². The van der Waals surface area contributed by atoms with E-state index in [1.165, 1.54) is 0 Å². The molecule has 2 rings (SSSR count). The Morgan fingerprint density at radius 1 is 1.47 bits per heavy atom.